The first-order valence-corrected chi connectivity index (χ1v) is 4.47. The molecule has 0 amide bonds. The molecule has 1 saturated carbocycles. The quantitative estimate of drug-likeness (QED) is 0.631. The second kappa shape index (κ2) is 3.38. The molecule has 0 bridgehead atoms. The van der Waals surface area contributed by atoms with E-state index in [0.717, 1.165) is 17.9 Å². The highest BCUT2D eigenvalue weighted by Crippen LogP contribution is 2.28. The Hall–Kier alpha value is -0.0400. The van der Waals surface area contributed by atoms with Crippen molar-refractivity contribution in [2.75, 3.05) is 6.54 Å². The number of hydrogen-bond donors (Lipinski definition) is 1. The molecule has 1 N–H and O–H groups in total. The van der Waals surface area contributed by atoms with Gasteiger partial charge in [-0.1, -0.05) is 27.2 Å². The SMILES string of the molecule is CCC(C)CNC1CC1C. The fraction of sp³-hybridized carbons (Fsp3) is 1.00. The monoisotopic (exact) mass is 141 g/mol. The summed E-state index contributed by atoms with van der Waals surface area (Å²) in [5.41, 5.74) is 0. The Morgan fingerprint density at radius 3 is 2.60 bits per heavy atom. The van der Waals surface area contributed by atoms with Crippen molar-refractivity contribution in [1.82, 2.24) is 5.32 Å². The third kappa shape index (κ3) is 2.30. The highest BCUT2D eigenvalue weighted by molar-refractivity contribution is 4.89. The highest BCUT2D eigenvalue weighted by Gasteiger charge is 2.31. The van der Waals surface area contributed by atoms with E-state index in [-0.39, 0.29) is 0 Å². The van der Waals surface area contributed by atoms with Gasteiger partial charge in [0.1, 0.15) is 0 Å². The van der Waals surface area contributed by atoms with Gasteiger partial charge in [-0.3, -0.25) is 0 Å². The van der Waals surface area contributed by atoms with Crippen LogP contribution in [0.25, 0.3) is 0 Å². The van der Waals surface area contributed by atoms with Crippen molar-refractivity contribution in [3.8, 4) is 0 Å². The largest absolute Gasteiger partial charge is 0.313 e. The Balaban J connectivity index is 1.95. The molecule has 0 aliphatic heterocycles. The maximum atomic E-state index is 3.56. The van der Waals surface area contributed by atoms with E-state index in [9.17, 15) is 0 Å². The number of hydrogen-bond acceptors (Lipinski definition) is 1. The van der Waals surface area contributed by atoms with Gasteiger partial charge < -0.3 is 5.32 Å². The Bertz CT molecular complexity index is 96.9. The lowest BCUT2D eigenvalue weighted by Gasteiger charge is -2.08. The summed E-state index contributed by atoms with van der Waals surface area (Å²) >= 11 is 0. The van der Waals surface area contributed by atoms with Crippen LogP contribution in [0.1, 0.15) is 33.6 Å². The normalized spacial score (nSPS) is 33.9. The Kier molecular flexibility index (Phi) is 2.72. The lowest BCUT2D eigenvalue weighted by atomic mass is 10.1. The van der Waals surface area contributed by atoms with E-state index in [1.54, 1.807) is 0 Å². The van der Waals surface area contributed by atoms with Crippen LogP contribution in [-0.4, -0.2) is 12.6 Å². The molecule has 0 heterocycles. The molecule has 0 aromatic carbocycles. The standard InChI is InChI=1S/C9H19N/c1-4-7(2)6-10-9-5-8(9)3/h7-10H,4-6H2,1-3H3. The fourth-order valence-electron chi connectivity index (χ4n) is 1.10. The van der Waals surface area contributed by atoms with E-state index in [0.29, 0.717) is 0 Å². The lowest BCUT2D eigenvalue weighted by Crippen LogP contribution is -2.23. The van der Waals surface area contributed by atoms with Gasteiger partial charge in [-0.15, -0.1) is 0 Å². The fourth-order valence-corrected chi connectivity index (χ4v) is 1.10. The van der Waals surface area contributed by atoms with Gasteiger partial charge in [0.15, 0.2) is 0 Å². The molecule has 1 rings (SSSR count). The van der Waals surface area contributed by atoms with Crippen LogP contribution in [0.4, 0.5) is 0 Å². The average molecular weight is 141 g/mol. The Morgan fingerprint density at radius 2 is 2.20 bits per heavy atom. The van der Waals surface area contributed by atoms with Gasteiger partial charge in [0.2, 0.25) is 0 Å². The van der Waals surface area contributed by atoms with Crippen molar-refractivity contribution in [3.05, 3.63) is 0 Å². The van der Waals surface area contributed by atoms with Crippen LogP contribution in [0, 0.1) is 11.8 Å². The molecular weight excluding hydrogens is 122 g/mol. The van der Waals surface area contributed by atoms with Gasteiger partial charge in [-0.25, -0.2) is 0 Å². The van der Waals surface area contributed by atoms with E-state index in [1.807, 2.05) is 0 Å². The van der Waals surface area contributed by atoms with Crippen LogP contribution >= 0.6 is 0 Å². The topological polar surface area (TPSA) is 12.0 Å². The van der Waals surface area contributed by atoms with E-state index < -0.39 is 0 Å². The zero-order chi connectivity index (χ0) is 7.56. The third-order valence-electron chi connectivity index (χ3n) is 2.53. The highest BCUT2D eigenvalue weighted by atomic mass is 15.0. The molecule has 1 aliphatic rings. The van der Waals surface area contributed by atoms with E-state index >= 15 is 0 Å². The van der Waals surface area contributed by atoms with Crippen LogP contribution in [0.15, 0.2) is 0 Å². The van der Waals surface area contributed by atoms with Crippen LogP contribution in [0.5, 0.6) is 0 Å². The average Bonchev–Trinajstić information content (AvgIpc) is 2.61. The van der Waals surface area contributed by atoms with Crippen molar-refractivity contribution < 1.29 is 0 Å². The van der Waals surface area contributed by atoms with Crippen molar-refractivity contribution in [2.45, 2.75) is 39.7 Å². The molecule has 60 valence electrons. The second-order valence-electron chi connectivity index (χ2n) is 3.74. The summed E-state index contributed by atoms with van der Waals surface area (Å²) in [6, 6.07) is 0.856. The van der Waals surface area contributed by atoms with Crippen LogP contribution in [0.2, 0.25) is 0 Å². The summed E-state index contributed by atoms with van der Waals surface area (Å²) in [6.45, 7) is 8.09. The molecule has 0 spiro atoms. The Morgan fingerprint density at radius 1 is 1.60 bits per heavy atom. The van der Waals surface area contributed by atoms with Gasteiger partial charge in [-0.05, 0) is 24.8 Å². The maximum Gasteiger partial charge on any atom is 0.00965 e. The number of rotatable bonds is 4. The Labute approximate surface area is 64.2 Å². The summed E-state index contributed by atoms with van der Waals surface area (Å²) in [5.74, 6) is 1.80. The first-order chi connectivity index (χ1) is 4.74. The molecule has 1 nitrogen and oxygen atoms in total. The summed E-state index contributed by atoms with van der Waals surface area (Å²) in [5, 5.41) is 3.56. The van der Waals surface area contributed by atoms with Gasteiger partial charge in [0.05, 0.1) is 0 Å². The summed E-state index contributed by atoms with van der Waals surface area (Å²) in [7, 11) is 0. The minimum Gasteiger partial charge on any atom is -0.313 e. The molecule has 1 heteroatoms. The van der Waals surface area contributed by atoms with Crippen molar-refractivity contribution in [3.63, 3.8) is 0 Å². The van der Waals surface area contributed by atoms with Crippen LogP contribution in [0.3, 0.4) is 0 Å². The summed E-state index contributed by atoms with van der Waals surface area (Å²) < 4.78 is 0. The molecular formula is C9H19N. The second-order valence-corrected chi connectivity index (χ2v) is 3.74. The van der Waals surface area contributed by atoms with Crippen molar-refractivity contribution >= 4 is 0 Å². The minimum absolute atomic E-state index is 0.854. The molecule has 0 aromatic rings. The minimum atomic E-state index is 0.854. The zero-order valence-electron chi connectivity index (χ0n) is 7.35. The van der Waals surface area contributed by atoms with Gasteiger partial charge in [-0.2, -0.15) is 0 Å². The van der Waals surface area contributed by atoms with Gasteiger partial charge >= 0.3 is 0 Å². The molecule has 0 aromatic heterocycles. The predicted molar refractivity (Wildman–Crippen MR) is 45.0 cm³/mol. The van der Waals surface area contributed by atoms with E-state index in [4.69, 9.17) is 0 Å². The van der Waals surface area contributed by atoms with Gasteiger partial charge in [0, 0.05) is 6.04 Å². The summed E-state index contributed by atoms with van der Waals surface area (Å²) in [6.07, 6.45) is 2.70. The zero-order valence-corrected chi connectivity index (χ0v) is 7.35. The van der Waals surface area contributed by atoms with Crippen LogP contribution in [-0.2, 0) is 0 Å². The molecule has 0 saturated heterocycles. The molecule has 0 radical (unpaired) electrons. The van der Waals surface area contributed by atoms with Crippen LogP contribution < -0.4 is 5.32 Å². The lowest BCUT2D eigenvalue weighted by molar-refractivity contribution is 0.491. The molecule has 3 atom stereocenters. The molecule has 1 aliphatic carbocycles. The van der Waals surface area contributed by atoms with Crippen molar-refractivity contribution in [1.29, 1.82) is 0 Å². The molecule has 1 fully saturated rings. The smallest absolute Gasteiger partial charge is 0.00965 e. The maximum absolute atomic E-state index is 3.56. The third-order valence-corrected chi connectivity index (χ3v) is 2.53. The molecule has 10 heavy (non-hydrogen) atoms. The van der Waals surface area contributed by atoms with E-state index in [2.05, 4.69) is 26.1 Å². The van der Waals surface area contributed by atoms with E-state index in [1.165, 1.54) is 19.4 Å². The first-order valence-electron chi connectivity index (χ1n) is 4.47. The number of nitrogens with one attached hydrogen (secondary N) is 1. The first kappa shape index (κ1) is 8.06. The van der Waals surface area contributed by atoms with Gasteiger partial charge in [0.25, 0.3) is 0 Å². The summed E-state index contributed by atoms with van der Waals surface area (Å²) in [4.78, 5) is 0. The predicted octanol–water partition coefficient (Wildman–Crippen LogP) is 2.03. The molecule has 3 unspecified atom stereocenters. The van der Waals surface area contributed by atoms with Crippen molar-refractivity contribution in [2.24, 2.45) is 11.8 Å².